The van der Waals surface area contributed by atoms with Crippen LogP contribution in [0.25, 0.3) is 0 Å². The molecule has 2 aliphatic heterocycles. The van der Waals surface area contributed by atoms with E-state index in [4.69, 9.17) is 4.74 Å². The van der Waals surface area contributed by atoms with E-state index < -0.39 is 0 Å². The van der Waals surface area contributed by atoms with Crippen molar-refractivity contribution in [1.82, 2.24) is 14.8 Å². The number of rotatable bonds is 4. The van der Waals surface area contributed by atoms with Crippen molar-refractivity contribution < 1.29 is 9.53 Å². The van der Waals surface area contributed by atoms with Crippen LogP contribution in [0.1, 0.15) is 67.8 Å². The standard InChI is InChI=1S/C28H39N3O2/c1-2-3-17-30-20-21-33-26-12-5-4-9-24(26)10-6-7-13-28(23-30)14-18-31(19-15-28)27(32)25-11-8-16-29-22-25/h4-5,8-9,11-12,16,22H,2-3,6-7,10,13-15,17-21,23H2,1H3. The summed E-state index contributed by atoms with van der Waals surface area (Å²) in [5.41, 5.74) is 2.33. The van der Waals surface area contributed by atoms with Crippen molar-refractivity contribution in [2.24, 2.45) is 5.41 Å². The summed E-state index contributed by atoms with van der Waals surface area (Å²) in [6.45, 7) is 7.90. The summed E-state index contributed by atoms with van der Waals surface area (Å²) >= 11 is 0. The first-order valence-corrected chi connectivity index (χ1v) is 12.8. The largest absolute Gasteiger partial charge is 0.492 e. The Bertz CT molecular complexity index is 878. The van der Waals surface area contributed by atoms with Crippen molar-refractivity contribution >= 4 is 5.91 Å². The van der Waals surface area contributed by atoms with Gasteiger partial charge in [0.1, 0.15) is 12.4 Å². The molecule has 1 spiro atoms. The van der Waals surface area contributed by atoms with Gasteiger partial charge in [0, 0.05) is 38.6 Å². The number of carbonyl (C=O) groups excluding carboxylic acids is 1. The fraction of sp³-hybridized carbons (Fsp3) is 0.571. The number of pyridine rings is 1. The van der Waals surface area contributed by atoms with Gasteiger partial charge in [-0.15, -0.1) is 0 Å². The molecule has 5 nitrogen and oxygen atoms in total. The van der Waals surface area contributed by atoms with E-state index in [1.807, 2.05) is 17.0 Å². The summed E-state index contributed by atoms with van der Waals surface area (Å²) in [6.07, 6.45) is 12.7. The molecule has 0 bridgehead atoms. The van der Waals surface area contributed by atoms with Crippen LogP contribution < -0.4 is 4.74 Å². The molecule has 0 saturated carbocycles. The summed E-state index contributed by atoms with van der Waals surface area (Å²) in [5, 5.41) is 0. The van der Waals surface area contributed by atoms with E-state index >= 15 is 0 Å². The van der Waals surface area contributed by atoms with E-state index in [-0.39, 0.29) is 11.3 Å². The molecule has 1 saturated heterocycles. The summed E-state index contributed by atoms with van der Waals surface area (Å²) in [6, 6.07) is 12.3. The number of para-hydroxylation sites is 1. The predicted molar refractivity (Wildman–Crippen MR) is 133 cm³/mol. The highest BCUT2D eigenvalue weighted by Gasteiger charge is 2.37. The molecule has 1 aromatic carbocycles. The number of ether oxygens (including phenoxy) is 1. The first kappa shape index (κ1) is 23.7. The molecule has 0 radical (unpaired) electrons. The van der Waals surface area contributed by atoms with Crippen LogP contribution in [0.4, 0.5) is 0 Å². The molecule has 0 atom stereocenters. The fourth-order valence-corrected chi connectivity index (χ4v) is 5.42. The number of aromatic nitrogens is 1. The van der Waals surface area contributed by atoms with Gasteiger partial charge in [0.15, 0.2) is 0 Å². The molecule has 0 aliphatic carbocycles. The van der Waals surface area contributed by atoms with Gasteiger partial charge < -0.3 is 9.64 Å². The number of unbranched alkanes of at least 4 members (excludes halogenated alkanes) is 1. The molecule has 4 rings (SSSR count). The van der Waals surface area contributed by atoms with Crippen LogP contribution in [-0.2, 0) is 6.42 Å². The molecule has 33 heavy (non-hydrogen) atoms. The molecule has 1 amide bonds. The van der Waals surface area contributed by atoms with E-state index in [2.05, 4.69) is 41.1 Å². The van der Waals surface area contributed by atoms with Crippen LogP contribution in [-0.4, -0.2) is 60.0 Å². The Kier molecular flexibility index (Phi) is 8.38. The average molecular weight is 450 g/mol. The van der Waals surface area contributed by atoms with Crippen LogP contribution in [0.3, 0.4) is 0 Å². The lowest BCUT2D eigenvalue weighted by Crippen LogP contribution is -2.48. The van der Waals surface area contributed by atoms with Crippen LogP contribution in [0.2, 0.25) is 0 Å². The lowest BCUT2D eigenvalue weighted by molar-refractivity contribution is 0.0374. The number of benzene rings is 1. The quantitative estimate of drug-likeness (QED) is 0.643. The molecular formula is C28H39N3O2. The van der Waals surface area contributed by atoms with E-state index in [9.17, 15) is 4.79 Å². The second kappa shape index (κ2) is 11.6. The number of carbonyl (C=O) groups is 1. The Balaban J connectivity index is 1.45. The van der Waals surface area contributed by atoms with Gasteiger partial charge in [-0.3, -0.25) is 14.7 Å². The van der Waals surface area contributed by atoms with Gasteiger partial charge in [-0.05, 0) is 74.2 Å². The maximum Gasteiger partial charge on any atom is 0.255 e. The third-order valence-corrected chi connectivity index (χ3v) is 7.45. The molecule has 3 heterocycles. The zero-order valence-corrected chi connectivity index (χ0v) is 20.2. The van der Waals surface area contributed by atoms with Crippen molar-refractivity contribution in [3.63, 3.8) is 0 Å². The number of aryl methyl sites for hydroxylation is 1. The van der Waals surface area contributed by atoms with Gasteiger partial charge in [-0.1, -0.05) is 38.0 Å². The molecule has 2 aliphatic rings. The summed E-state index contributed by atoms with van der Waals surface area (Å²) in [4.78, 5) is 21.8. The second-order valence-corrected chi connectivity index (χ2v) is 9.83. The minimum atomic E-state index is 0.124. The van der Waals surface area contributed by atoms with Crippen molar-refractivity contribution in [3.05, 3.63) is 59.9 Å². The summed E-state index contributed by atoms with van der Waals surface area (Å²) in [7, 11) is 0. The van der Waals surface area contributed by atoms with Crippen LogP contribution in [0.5, 0.6) is 5.75 Å². The van der Waals surface area contributed by atoms with E-state index in [1.165, 1.54) is 37.7 Å². The molecule has 178 valence electrons. The number of nitrogens with zero attached hydrogens (tertiary/aromatic N) is 3. The summed E-state index contributed by atoms with van der Waals surface area (Å²) < 4.78 is 6.24. The molecule has 2 aromatic rings. The van der Waals surface area contributed by atoms with Crippen molar-refractivity contribution in [3.8, 4) is 5.75 Å². The average Bonchev–Trinajstić information content (AvgIpc) is 2.86. The SMILES string of the molecule is CCCCN1CCOc2ccccc2CCCCC2(CCN(C(=O)c3cccnc3)CC2)C1. The molecule has 1 aromatic heterocycles. The highest BCUT2D eigenvalue weighted by molar-refractivity contribution is 5.93. The maximum absolute atomic E-state index is 13.0. The van der Waals surface area contributed by atoms with E-state index in [0.29, 0.717) is 5.56 Å². The lowest BCUT2D eigenvalue weighted by atomic mass is 9.73. The Morgan fingerprint density at radius 2 is 1.91 bits per heavy atom. The van der Waals surface area contributed by atoms with Crippen LogP contribution >= 0.6 is 0 Å². The van der Waals surface area contributed by atoms with Crippen molar-refractivity contribution in [1.29, 1.82) is 0 Å². The molecule has 1 fully saturated rings. The fourth-order valence-electron chi connectivity index (χ4n) is 5.42. The van der Waals surface area contributed by atoms with Gasteiger partial charge in [0.2, 0.25) is 0 Å². The minimum Gasteiger partial charge on any atom is -0.492 e. The summed E-state index contributed by atoms with van der Waals surface area (Å²) in [5.74, 6) is 1.18. The minimum absolute atomic E-state index is 0.124. The first-order valence-electron chi connectivity index (χ1n) is 12.8. The van der Waals surface area contributed by atoms with Gasteiger partial charge in [0.05, 0.1) is 5.56 Å². The Hall–Kier alpha value is -2.40. The van der Waals surface area contributed by atoms with Gasteiger partial charge >= 0.3 is 0 Å². The zero-order valence-electron chi connectivity index (χ0n) is 20.2. The second-order valence-electron chi connectivity index (χ2n) is 9.83. The Morgan fingerprint density at radius 1 is 1.06 bits per heavy atom. The van der Waals surface area contributed by atoms with Gasteiger partial charge in [-0.2, -0.15) is 0 Å². The number of likely N-dealkylation sites (tertiary alicyclic amines) is 1. The Morgan fingerprint density at radius 3 is 2.70 bits per heavy atom. The molecule has 0 unspecified atom stereocenters. The number of fused-ring (bicyclic) bond motifs is 1. The molecule has 0 N–H and O–H groups in total. The monoisotopic (exact) mass is 449 g/mol. The molecule has 5 heteroatoms. The maximum atomic E-state index is 13.0. The third kappa shape index (κ3) is 6.35. The zero-order chi connectivity index (χ0) is 22.9. The first-order chi connectivity index (χ1) is 16.2. The smallest absolute Gasteiger partial charge is 0.255 e. The number of amides is 1. The number of hydrogen-bond acceptors (Lipinski definition) is 4. The van der Waals surface area contributed by atoms with Gasteiger partial charge in [0.25, 0.3) is 5.91 Å². The van der Waals surface area contributed by atoms with E-state index in [1.54, 1.807) is 12.4 Å². The van der Waals surface area contributed by atoms with Crippen LogP contribution in [0.15, 0.2) is 48.8 Å². The van der Waals surface area contributed by atoms with Gasteiger partial charge in [-0.25, -0.2) is 0 Å². The topological polar surface area (TPSA) is 45.7 Å². The Labute approximate surface area is 199 Å². The number of hydrogen-bond donors (Lipinski definition) is 0. The van der Waals surface area contributed by atoms with E-state index in [0.717, 1.165) is 64.3 Å². The highest BCUT2D eigenvalue weighted by atomic mass is 16.5. The number of piperidine rings is 1. The lowest BCUT2D eigenvalue weighted by Gasteiger charge is -2.45. The van der Waals surface area contributed by atoms with Crippen LogP contribution in [0, 0.1) is 5.41 Å². The predicted octanol–water partition coefficient (Wildman–Crippen LogP) is 5.21. The molecular weight excluding hydrogens is 410 g/mol. The normalized spacial score (nSPS) is 19.7. The third-order valence-electron chi connectivity index (χ3n) is 7.45. The van der Waals surface area contributed by atoms with Crippen molar-refractivity contribution in [2.45, 2.75) is 58.3 Å². The highest BCUT2D eigenvalue weighted by Crippen LogP contribution is 2.38. The van der Waals surface area contributed by atoms with Crippen molar-refractivity contribution in [2.75, 3.05) is 39.3 Å².